The number of likely N-dealkylation sites (tertiary alicyclic amines) is 1. The number of nitrogens with zero attached hydrogens (tertiary/aromatic N) is 2. The highest BCUT2D eigenvalue weighted by Crippen LogP contribution is 2.29. The number of hydrogen-bond acceptors (Lipinski definition) is 7. The minimum atomic E-state index is -0.451. The molecule has 0 saturated carbocycles. The first-order valence-electron chi connectivity index (χ1n) is 13.2. The summed E-state index contributed by atoms with van der Waals surface area (Å²) in [5.74, 6) is 0.972. The maximum absolute atomic E-state index is 13.4. The number of nitrogens with one attached hydrogen (secondary N) is 3. The van der Waals surface area contributed by atoms with Gasteiger partial charge in [0.05, 0.1) is 31.0 Å². The Kier molecular flexibility index (Phi) is 7.90. The largest absolute Gasteiger partial charge is 0.493 e. The number of H-pyrrole nitrogens is 1. The van der Waals surface area contributed by atoms with E-state index in [-0.39, 0.29) is 30.7 Å². The number of ether oxygens (including phenoxy) is 3. The lowest BCUT2D eigenvalue weighted by molar-refractivity contribution is -0.123. The van der Waals surface area contributed by atoms with Gasteiger partial charge in [0.15, 0.2) is 18.1 Å². The van der Waals surface area contributed by atoms with Crippen LogP contribution in [0.5, 0.6) is 17.2 Å². The smallest absolute Gasteiger partial charge is 0.258 e. The molecule has 0 spiro atoms. The molecule has 1 saturated heterocycles. The summed E-state index contributed by atoms with van der Waals surface area (Å²) < 4.78 is 17.4. The van der Waals surface area contributed by atoms with Gasteiger partial charge in [-0.15, -0.1) is 0 Å². The molecule has 0 radical (unpaired) electrons. The van der Waals surface area contributed by atoms with E-state index < -0.39 is 12.1 Å². The quantitative estimate of drug-likeness (QED) is 0.447. The topological polar surface area (TPSA) is 135 Å². The van der Waals surface area contributed by atoms with Crippen LogP contribution in [0.4, 0.5) is 0 Å². The van der Waals surface area contributed by atoms with E-state index in [9.17, 15) is 14.4 Å². The summed E-state index contributed by atoms with van der Waals surface area (Å²) in [6, 6.07) is 12.3. The number of aromatic nitrogens is 2. The second-order valence-electron chi connectivity index (χ2n) is 10.0. The van der Waals surface area contributed by atoms with E-state index in [4.69, 9.17) is 14.2 Å². The number of rotatable bonds is 2. The van der Waals surface area contributed by atoms with Crippen LogP contribution in [-0.4, -0.2) is 71.8 Å². The van der Waals surface area contributed by atoms with E-state index in [1.54, 1.807) is 24.0 Å². The first kappa shape index (κ1) is 27.0. The first-order valence-corrected chi connectivity index (χ1v) is 13.2. The molecule has 3 amide bonds. The van der Waals surface area contributed by atoms with E-state index >= 15 is 0 Å². The predicted octanol–water partition coefficient (Wildman–Crippen LogP) is 2.06. The van der Waals surface area contributed by atoms with Crippen molar-refractivity contribution in [3.63, 3.8) is 0 Å². The number of carbonyl (C=O) groups excluding carboxylic acids is 3. The molecule has 6 heterocycles. The molecule has 2 atom stereocenters. The molecule has 40 heavy (non-hydrogen) atoms. The van der Waals surface area contributed by atoms with Crippen LogP contribution < -0.4 is 24.8 Å². The molecule has 1 aromatic heterocycles. The van der Waals surface area contributed by atoms with Gasteiger partial charge in [0.25, 0.3) is 11.8 Å². The number of carbonyl (C=O) groups is 3. The van der Waals surface area contributed by atoms with Crippen LogP contribution in [0.1, 0.15) is 39.3 Å². The maximum atomic E-state index is 13.4. The molecule has 3 N–H and O–H groups in total. The Labute approximate surface area is 232 Å². The van der Waals surface area contributed by atoms with Crippen LogP contribution in [0, 0.1) is 13.8 Å². The second kappa shape index (κ2) is 11.7. The van der Waals surface area contributed by atoms with Crippen molar-refractivity contribution in [2.24, 2.45) is 0 Å². The fourth-order valence-corrected chi connectivity index (χ4v) is 5.00. The lowest BCUT2D eigenvalue weighted by atomic mass is 10.1. The molecule has 2 aromatic carbocycles. The molecule has 1 fully saturated rings. The highest BCUT2D eigenvalue weighted by molar-refractivity contribution is 5.96. The normalized spacial score (nSPS) is 19.7. The molecule has 0 unspecified atom stereocenters. The van der Waals surface area contributed by atoms with E-state index in [1.165, 1.54) is 7.11 Å². The van der Waals surface area contributed by atoms with Gasteiger partial charge < -0.3 is 29.7 Å². The summed E-state index contributed by atoms with van der Waals surface area (Å²) in [5, 5.41) is 13.0. The molecule has 210 valence electrons. The van der Waals surface area contributed by atoms with Gasteiger partial charge in [0.1, 0.15) is 11.9 Å². The predicted molar refractivity (Wildman–Crippen MR) is 145 cm³/mol. The van der Waals surface area contributed by atoms with Gasteiger partial charge in [-0.25, -0.2) is 0 Å². The monoisotopic (exact) mass is 547 g/mol. The molecule has 4 bridgehead atoms. The molecular formula is C29H33N5O6. The van der Waals surface area contributed by atoms with Crippen molar-refractivity contribution in [1.29, 1.82) is 0 Å². The van der Waals surface area contributed by atoms with Crippen molar-refractivity contribution < 1.29 is 28.6 Å². The van der Waals surface area contributed by atoms with E-state index in [2.05, 4.69) is 20.8 Å². The number of aromatic amines is 1. The van der Waals surface area contributed by atoms with Crippen LogP contribution in [-0.2, 0) is 22.6 Å². The van der Waals surface area contributed by atoms with E-state index in [0.717, 1.165) is 11.1 Å². The summed E-state index contributed by atoms with van der Waals surface area (Å²) >= 11 is 0. The molecule has 0 aliphatic carbocycles. The van der Waals surface area contributed by atoms with Crippen LogP contribution >= 0.6 is 0 Å². The maximum Gasteiger partial charge on any atom is 0.258 e. The molecule has 11 heteroatoms. The Morgan fingerprint density at radius 3 is 2.52 bits per heavy atom. The number of benzene rings is 2. The van der Waals surface area contributed by atoms with Crippen molar-refractivity contribution in [3.8, 4) is 17.2 Å². The SMILES string of the molecule is COc1cc2ccc1OCC(=O)NCc1ccc(cc1)O[C@H]1CN(C(=O)c3c(C)n[nH]c3C)C[C@@H]1NC(=O)CC2. The summed E-state index contributed by atoms with van der Waals surface area (Å²) in [5.41, 5.74) is 3.64. The van der Waals surface area contributed by atoms with Crippen LogP contribution in [0.25, 0.3) is 0 Å². The minimum absolute atomic E-state index is 0.149. The molecule has 5 aliphatic heterocycles. The number of methoxy groups -OCH3 is 1. The fourth-order valence-electron chi connectivity index (χ4n) is 5.00. The van der Waals surface area contributed by atoms with Crippen molar-refractivity contribution in [2.45, 2.75) is 45.4 Å². The van der Waals surface area contributed by atoms with Crippen LogP contribution in [0.15, 0.2) is 42.5 Å². The standard InChI is InChI=1S/C29H33N5O6/c1-17-28(18(2)33-32-17)29(37)34-14-22-25(15-34)40-21-8-4-20(5-9-21)13-30-27(36)16-39-23-10-6-19(12-24(23)38-3)7-11-26(35)31-22/h4-6,8-10,12,22,25H,7,11,13-16H2,1-3H3,(H,30,36)(H,31,35)(H,32,33)/t22-,25-/m0/s1. The molecular weight excluding hydrogens is 514 g/mol. The van der Waals surface area contributed by atoms with Gasteiger partial charge in [0, 0.05) is 25.2 Å². The number of amides is 3. The van der Waals surface area contributed by atoms with E-state index in [1.807, 2.05) is 37.3 Å². The summed E-state index contributed by atoms with van der Waals surface area (Å²) in [7, 11) is 1.53. The van der Waals surface area contributed by atoms with Crippen molar-refractivity contribution in [3.05, 3.63) is 70.5 Å². The minimum Gasteiger partial charge on any atom is -0.493 e. The summed E-state index contributed by atoms with van der Waals surface area (Å²) in [4.78, 5) is 40.5. The molecule has 11 nitrogen and oxygen atoms in total. The summed E-state index contributed by atoms with van der Waals surface area (Å²) in [6.07, 6.45) is 0.254. The highest BCUT2D eigenvalue weighted by atomic mass is 16.5. The Balaban J connectivity index is 1.39. The third-order valence-corrected chi connectivity index (χ3v) is 7.17. The zero-order valence-electron chi connectivity index (χ0n) is 22.8. The van der Waals surface area contributed by atoms with Gasteiger partial charge >= 0.3 is 0 Å². The average Bonchev–Trinajstić information content (AvgIpc) is 3.51. The van der Waals surface area contributed by atoms with Crippen LogP contribution in [0.2, 0.25) is 0 Å². The first-order chi connectivity index (χ1) is 19.3. The highest BCUT2D eigenvalue weighted by Gasteiger charge is 2.39. The average molecular weight is 548 g/mol. The number of hydrogen-bond donors (Lipinski definition) is 3. The van der Waals surface area contributed by atoms with Crippen molar-refractivity contribution in [1.82, 2.24) is 25.7 Å². The van der Waals surface area contributed by atoms with Gasteiger partial charge in [-0.3, -0.25) is 19.5 Å². The van der Waals surface area contributed by atoms with E-state index in [0.29, 0.717) is 60.3 Å². The lowest BCUT2D eigenvalue weighted by Gasteiger charge is -2.21. The summed E-state index contributed by atoms with van der Waals surface area (Å²) in [6.45, 7) is 4.39. The zero-order valence-corrected chi connectivity index (χ0v) is 22.8. The second-order valence-corrected chi connectivity index (χ2v) is 10.0. The third kappa shape index (κ3) is 6.03. The molecule has 8 rings (SSSR count). The van der Waals surface area contributed by atoms with Crippen molar-refractivity contribution >= 4 is 17.7 Å². The Hall–Kier alpha value is -4.54. The fraction of sp³-hybridized carbons (Fsp3) is 0.379. The zero-order chi connectivity index (χ0) is 28.2. The molecule has 3 aromatic rings. The Morgan fingerprint density at radius 2 is 1.80 bits per heavy atom. The van der Waals surface area contributed by atoms with Gasteiger partial charge in [0.2, 0.25) is 5.91 Å². The Bertz CT molecular complexity index is 1380. The number of aryl methyl sites for hydroxylation is 3. The van der Waals surface area contributed by atoms with Gasteiger partial charge in [-0.05, 0) is 55.7 Å². The van der Waals surface area contributed by atoms with Crippen molar-refractivity contribution in [2.75, 3.05) is 26.8 Å². The Morgan fingerprint density at radius 1 is 1.02 bits per heavy atom. The molecule has 5 aliphatic rings. The van der Waals surface area contributed by atoms with Gasteiger partial charge in [-0.1, -0.05) is 18.2 Å². The third-order valence-electron chi connectivity index (χ3n) is 7.17. The van der Waals surface area contributed by atoms with Crippen LogP contribution in [0.3, 0.4) is 0 Å². The van der Waals surface area contributed by atoms with Gasteiger partial charge in [-0.2, -0.15) is 5.10 Å². The lowest BCUT2D eigenvalue weighted by Crippen LogP contribution is -2.45.